The second kappa shape index (κ2) is 11.9. The molecule has 4 heteroatoms. The molecule has 244 valence electrons. The Morgan fingerprint density at radius 2 is 0.904 bits per heavy atom. The SMILES string of the molecule is c1ccc(-c2cccc3c2sc2c(N(c4ccc(-c5cccc6sc7ccccc7c56)cc4)c4ccc5c(c4)sc4ccccc45)cccc23)cc1. The van der Waals surface area contributed by atoms with Crippen LogP contribution >= 0.6 is 34.0 Å². The molecule has 8 aromatic carbocycles. The van der Waals surface area contributed by atoms with E-state index in [0.717, 1.165) is 11.4 Å². The highest BCUT2D eigenvalue weighted by atomic mass is 32.1. The Morgan fingerprint density at radius 1 is 0.327 bits per heavy atom. The van der Waals surface area contributed by atoms with Crippen LogP contribution in [0.5, 0.6) is 0 Å². The highest BCUT2D eigenvalue weighted by Gasteiger charge is 2.21. The molecule has 0 unspecified atom stereocenters. The monoisotopic (exact) mass is 715 g/mol. The largest absolute Gasteiger partial charge is 0.309 e. The van der Waals surface area contributed by atoms with Gasteiger partial charge in [-0.05, 0) is 70.8 Å². The quantitative estimate of drug-likeness (QED) is 0.171. The Balaban J connectivity index is 1.12. The van der Waals surface area contributed by atoms with Crippen LogP contribution in [0, 0.1) is 0 Å². The van der Waals surface area contributed by atoms with Crippen LogP contribution < -0.4 is 4.90 Å². The molecular formula is C48H29NS3. The summed E-state index contributed by atoms with van der Waals surface area (Å²) in [4.78, 5) is 2.47. The number of hydrogen-bond acceptors (Lipinski definition) is 4. The van der Waals surface area contributed by atoms with E-state index in [-0.39, 0.29) is 0 Å². The number of anilines is 3. The number of nitrogens with zero attached hydrogens (tertiary/aromatic N) is 1. The second-order valence-corrected chi connectivity index (χ2v) is 16.4. The smallest absolute Gasteiger partial charge is 0.0640 e. The molecule has 0 amide bonds. The van der Waals surface area contributed by atoms with Gasteiger partial charge in [0.05, 0.1) is 10.4 Å². The molecule has 52 heavy (non-hydrogen) atoms. The van der Waals surface area contributed by atoms with Crippen LogP contribution in [-0.2, 0) is 0 Å². The molecular weight excluding hydrogens is 687 g/mol. The zero-order valence-corrected chi connectivity index (χ0v) is 30.4. The molecule has 11 aromatic rings. The maximum absolute atomic E-state index is 2.47. The minimum absolute atomic E-state index is 1.14. The van der Waals surface area contributed by atoms with Gasteiger partial charge in [-0.3, -0.25) is 0 Å². The molecule has 0 N–H and O–H groups in total. The fourth-order valence-corrected chi connectivity index (χ4v) is 11.5. The maximum atomic E-state index is 2.47. The van der Waals surface area contributed by atoms with E-state index in [9.17, 15) is 0 Å². The second-order valence-electron chi connectivity index (χ2n) is 13.2. The summed E-state index contributed by atoms with van der Waals surface area (Å²) in [6.07, 6.45) is 0. The molecule has 0 saturated carbocycles. The lowest BCUT2D eigenvalue weighted by molar-refractivity contribution is 1.31. The molecule has 0 aliphatic rings. The Labute approximate surface area is 312 Å². The summed E-state index contributed by atoms with van der Waals surface area (Å²) in [6, 6.07) is 64.8. The van der Waals surface area contributed by atoms with Crippen LogP contribution in [0.15, 0.2) is 176 Å². The van der Waals surface area contributed by atoms with Crippen LogP contribution in [0.25, 0.3) is 82.8 Å². The van der Waals surface area contributed by atoms with Gasteiger partial charge in [0.2, 0.25) is 0 Å². The molecule has 3 heterocycles. The first-order chi connectivity index (χ1) is 25.8. The number of hydrogen-bond donors (Lipinski definition) is 0. The van der Waals surface area contributed by atoms with Gasteiger partial charge in [0.15, 0.2) is 0 Å². The molecule has 3 aromatic heterocycles. The van der Waals surface area contributed by atoms with Crippen LogP contribution in [0.4, 0.5) is 17.1 Å². The summed E-state index contributed by atoms with van der Waals surface area (Å²) >= 11 is 5.64. The Bertz CT molecular complexity index is 3130. The van der Waals surface area contributed by atoms with Gasteiger partial charge in [0.1, 0.15) is 0 Å². The van der Waals surface area contributed by atoms with Crippen molar-refractivity contribution in [3.05, 3.63) is 176 Å². The lowest BCUT2D eigenvalue weighted by Crippen LogP contribution is -2.10. The number of thiophene rings is 3. The topological polar surface area (TPSA) is 3.24 Å². The van der Waals surface area contributed by atoms with Crippen molar-refractivity contribution in [1.82, 2.24) is 0 Å². The van der Waals surface area contributed by atoms with Crippen molar-refractivity contribution in [2.45, 2.75) is 0 Å². The first-order valence-corrected chi connectivity index (χ1v) is 20.0. The van der Waals surface area contributed by atoms with Crippen molar-refractivity contribution in [3.8, 4) is 22.3 Å². The molecule has 0 bridgehead atoms. The fourth-order valence-electron chi connectivity index (χ4n) is 7.91. The van der Waals surface area contributed by atoms with Crippen LogP contribution in [0.1, 0.15) is 0 Å². The zero-order chi connectivity index (χ0) is 34.2. The molecule has 0 aliphatic carbocycles. The van der Waals surface area contributed by atoms with Crippen molar-refractivity contribution in [3.63, 3.8) is 0 Å². The Hall–Kier alpha value is -5.78. The highest BCUT2D eigenvalue weighted by molar-refractivity contribution is 7.27. The first kappa shape index (κ1) is 29.9. The highest BCUT2D eigenvalue weighted by Crippen LogP contribution is 2.48. The van der Waals surface area contributed by atoms with Gasteiger partial charge in [-0.25, -0.2) is 0 Å². The van der Waals surface area contributed by atoms with E-state index in [1.54, 1.807) is 0 Å². The van der Waals surface area contributed by atoms with Crippen molar-refractivity contribution < 1.29 is 0 Å². The van der Waals surface area contributed by atoms with Crippen molar-refractivity contribution in [1.29, 1.82) is 0 Å². The predicted octanol–water partition coefficient (Wildman–Crippen LogP) is 15.6. The summed E-state index contributed by atoms with van der Waals surface area (Å²) in [5, 5.41) is 7.88. The standard InChI is InChI=1S/C48H29NS3/c1-2-11-30(12-3-1)35-16-8-17-38-39-18-9-19-41(48(39)52-47(35)38)49(33-27-28-37-36-13-4-6-20-42(36)51-45(37)29-33)32-25-23-31(24-26-32)34-15-10-22-44-46(34)40-14-5-7-21-43(40)50-44/h1-29H. The summed E-state index contributed by atoms with van der Waals surface area (Å²) < 4.78 is 7.88. The van der Waals surface area contributed by atoms with Crippen LogP contribution in [0.2, 0.25) is 0 Å². The maximum Gasteiger partial charge on any atom is 0.0640 e. The first-order valence-electron chi connectivity index (χ1n) is 17.5. The van der Waals surface area contributed by atoms with E-state index < -0.39 is 0 Å². The lowest BCUT2D eigenvalue weighted by atomic mass is 9.99. The van der Waals surface area contributed by atoms with Gasteiger partial charge >= 0.3 is 0 Å². The fraction of sp³-hybridized carbons (Fsp3) is 0. The minimum Gasteiger partial charge on any atom is -0.309 e. The summed E-state index contributed by atoms with van der Waals surface area (Å²) in [7, 11) is 0. The van der Waals surface area contributed by atoms with Gasteiger partial charge in [-0.15, -0.1) is 34.0 Å². The number of benzene rings is 8. The van der Waals surface area contributed by atoms with Crippen LogP contribution in [0.3, 0.4) is 0 Å². The van der Waals surface area contributed by atoms with Gasteiger partial charge in [-0.1, -0.05) is 127 Å². The van der Waals surface area contributed by atoms with Crippen molar-refractivity contribution in [2.24, 2.45) is 0 Å². The van der Waals surface area contributed by atoms with E-state index in [1.807, 2.05) is 34.0 Å². The van der Waals surface area contributed by atoms with Gasteiger partial charge in [-0.2, -0.15) is 0 Å². The van der Waals surface area contributed by atoms with Crippen molar-refractivity contribution >= 4 is 112 Å². The van der Waals surface area contributed by atoms with E-state index in [0.29, 0.717) is 0 Å². The molecule has 0 radical (unpaired) electrons. The van der Waals surface area contributed by atoms with Crippen LogP contribution in [-0.4, -0.2) is 0 Å². The third kappa shape index (κ3) is 4.65. The normalized spacial score (nSPS) is 11.8. The minimum atomic E-state index is 1.14. The Kier molecular flexibility index (Phi) is 6.84. The van der Waals surface area contributed by atoms with E-state index >= 15 is 0 Å². The van der Waals surface area contributed by atoms with E-state index in [4.69, 9.17) is 0 Å². The molecule has 0 fully saturated rings. The average Bonchev–Trinajstić information content (AvgIpc) is 3.90. The van der Waals surface area contributed by atoms with Gasteiger partial charge in [0.25, 0.3) is 0 Å². The molecule has 0 aliphatic heterocycles. The summed E-state index contributed by atoms with van der Waals surface area (Å²) in [6.45, 7) is 0. The number of rotatable bonds is 5. The molecule has 0 spiro atoms. The zero-order valence-electron chi connectivity index (χ0n) is 27.9. The predicted molar refractivity (Wildman–Crippen MR) is 231 cm³/mol. The average molecular weight is 716 g/mol. The summed E-state index contributed by atoms with van der Waals surface area (Å²) in [5.41, 5.74) is 8.52. The van der Waals surface area contributed by atoms with E-state index in [2.05, 4.69) is 181 Å². The molecule has 11 rings (SSSR count). The Morgan fingerprint density at radius 3 is 1.75 bits per heavy atom. The lowest BCUT2D eigenvalue weighted by Gasteiger charge is -2.26. The third-order valence-corrected chi connectivity index (χ3v) is 13.8. The third-order valence-electron chi connectivity index (χ3n) is 10.3. The summed E-state index contributed by atoms with van der Waals surface area (Å²) in [5.74, 6) is 0. The van der Waals surface area contributed by atoms with E-state index in [1.165, 1.54) is 88.5 Å². The number of fused-ring (bicyclic) bond motifs is 9. The van der Waals surface area contributed by atoms with Gasteiger partial charge < -0.3 is 4.90 Å². The molecule has 1 nitrogen and oxygen atoms in total. The van der Waals surface area contributed by atoms with Crippen molar-refractivity contribution in [2.75, 3.05) is 4.90 Å². The van der Waals surface area contributed by atoms with Gasteiger partial charge in [0, 0.05) is 67.2 Å². The molecule has 0 atom stereocenters. The molecule has 0 saturated heterocycles.